The van der Waals surface area contributed by atoms with E-state index in [2.05, 4.69) is 6.92 Å². The van der Waals surface area contributed by atoms with Gasteiger partial charge in [0.1, 0.15) is 13.2 Å². The number of phosphoric acid groups is 1. The number of likely N-dealkylation sites (N-methyl/N-ethyl adjacent to an activating group) is 1. The minimum Gasteiger partial charge on any atom is -0.756 e. The third-order valence-electron chi connectivity index (χ3n) is 3.63. The van der Waals surface area contributed by atoms with Crippen molar-refractivity contribution in [2.75, 3.05) is 54.1 Å². The Morgan fingerprint density at radius 3 is 1.92 bits per heavy atom. The topological polar surface area (TPSA) is 67.8 Å². The maximum atomic E-state index is 11.5. The third-order valence-corrected chi connectivity index (χ3v) is 4.63. The van der Waals surface area contributed by atoms with Crippen molar-refractivity contribution in [3.8, 4) is 0 Å². The van der Waals surface area contributed by atoms with Crippen molar-refractivity contribution in [2.45, 2.75) is 58.3 Å². The number of nitrogens with zero attached hydrogens (tertiary/aromatic N) is 1. The van der Waals surface area contributed by atoms with E-state index in [1.165, 1.54) is 44.9 Å². The molecule has 7 heteroatoms. The Labute approximate surface area is 148 Å². The predicted octanol–water partition coefficient (Wildman–Crippen LogP) is 3.35. The first-order valence-corrected chi connectivity index (χ1v) is 10.7. The van der Waals surface area contributed by atoms with Crippen molar-refractivity contribution in [2.24, 2.45) is 0 Å². The van der Waals surface area contributed by atoms with Crippen molar-refractivity contribution in [1.82, 2.24) is 0 Å². The van der Waals surface area contributed by atoms with Gasteiger partial charge in [-0.05, 0) is 6.42 Å². The van der Waals surface area contributed by atoms with Gasteiger partial charge in [-0.2, -0.15) is 0 Å². The molecule has 6 nitrogen and oxygen atoms in total. The summed E-state index contributed by atoms with van der Waals surface area (Å²) in [7, 11) is 1.72. The van der Waals surface area contributed by atoms with E-state index in [1.54, 1.807) is 0 Å². The molecule has 0 fully saturated rings. The SMILES string of the molecule is CCCCCCCCCCOCCOP(=O)([O-])OCC[N+](C)(C)C. The first-order chi connectivity index (χ1) is 11.3. The molecule has 0 spiro atoms. The molecule has 1 unspecified atom stereocenters. The van der Waals surface area contributed by atoms with Gasteiger partial charge in [0.25, 0.3) is 7.82 Å². The van der Waals surface area contributed by atoms with E-state index in [9.17, 15) is 9.46 Å². The predicted molar refractivity (Wildman–Crippen MR) is 95.8 cm³/mol. The number of phosphoric ester groups is 1. The molecule has 146 valence electrons. The van der Waals surface area contributed by atoms with Crippen LogP contribution in [0.4, 0.5) is 0 Å². The molecule has 0 aliphatic carbocycles. The van der Waals surface area contributed by atoms with Gasteiger partial charge in [-0.25, -0.2) is 0 Å². The second-order valence-corrected chi connectivity index (χ2v) is 8.63. The number of hydrogen-bond donors (Lipinski definition) is 0. The molecule has 24 heavy (non-hydrogen) atoms. The van der Waals surface area contributed by atoms with Gasteiger partial charge in [0.15, 0.2) is 0 Å². The summed E-state index contributed by atoms with van der Waals surface area (Å²) in [5.41, 5.74) is 0. The Balaban J connectivity index is 3.38. The summed E-state index contributed by atoms with van der Waals surface area (Å²) in [5, 5.41) is 0. The minimum atomic E-state index is -4.20. The van der Waals surface area contributed by atoms with Crippen LogP contribution < -0.4 is 4.89 Å². The van der Waals surface area contributed by atoms with Crippen LogP contribution in [0.1, 0.15) is 58.3 Å². The summed E-state index contributed by atoms with van der Waals surface area (Å²) < 4.78 is 27.1. The first kappa shape index (κ1) is 24.0. The van der Waals surface area contributed by atoms with E-state index in [-0.39, 0.29) is 19.8 Å². The highest BCUT2D eigenvalue weighted by Gasteiger charge is 2.12. The second kappa shape index (κ2) is 14.2. The Bertz CT molecular complexity index is 333. The molecular formula is C17H38NO5P. The summed E-state index contributed by atoms with van der Waals surface area (Å²) >= 11 is 0. The molecule has 0 saturated carbocycles. The van der Waals surface area contributed by atoms with E-state index < -0.39 is 7.82 Å². The highest BCUT2D eigenvalue weighted by molar-refractivity contribution is 7.45. The molecule has 0 amide bonds. The zero-order valence-electron chi connectivity index (χ0n) is 16.1. The Morgan fingerprint density at radius 1 is 0.792 bits per heavy atom. The zero-order chi connectivity index (χ0) is 18.3. The normalized spacial score (nSPS) is 14.7. The Morgan fingerprint density at radius 2 is 1.33 bits per heavy atom. The van der Waals surface area contributed by atoms with Crippen molar-refractivity contribution < 1.29 is 27.7 Å². The molecule has 1 atom stereocenters. The summed E-state index contributed by atoms with van der Waals surface area (Å²) in [6, 6.07) is 0. The van der Waals surface area contributed by atoms with E-state index in [0.717, 1.165) is 6.42 Å². The van der Waals surface area contributed by atoms with Crippen LogP contribution in [0.3, 0.4) is 0 Å². The highest BCUT2D eigenvalue weighted by Crippen LogP contribution is 2.37. The number of rotatable bonds is 17. The largest absolute Gasteiger partial charge is 0.756 e. The van der Waals surface area contributed by atoms with Gasteiger partial charge in [0.05, 0.1) is 34.4 Å². The van der Waals surface area contributed by atoms with Crippen LogP contribution in [0, 0.1) is 0 Å². The lowest BCUT2D eigenvalue weighted by molar-refractivity contribution is -0.870. The molecule has 0 bridgehead atoms. The van der Waals surface area contributed by atoms with E-state index in [4.69, 9.17) is 13.8 Å². The molecular weight excluding hydrogens is 329 g/mol. The third kappa shape index (κ3) is 18.4. The maximum absolute atomic E-state index is 11.5. The number of quaternary nitrogens is 1. The second-order valence-electron chi connectivity index (χ2n) is 7.21. The van der Waals surface area contributed by atoms with E-state index >= 15 is 0 Å². The first-order valence-electron chi connectivity index (χ1n) is 9.25. The fourth-order valence-electron chi connectivity index (χ4n) is 2.11. The average molecular weight is 367 g/mol. The summed E-state index contributed by atoms with van der Waals surface area (Å²) in [5.74, 6) is 0. The smallest absolute Gasteiger partial charge is 0.268 e. The van der Waals surface area contributed by atoms with Crippen molar-refractivity contribution >= 4 is 7.82 Å². The summed E-state index contributed by atoms with van der Waals surface area (Å²) in [6.45, 7) is 3.91. The van der Waals surface area contributed by atoms with Gasteiger partial charge in [0, 0.05) is 6.61 Å². The zero-order valence-corrected chi connectivity index (χ0v) is 17.0. The molecule has 0 N–H and O–H groups in total. The Kier molecular flexibility index (Phi) is 14.2. The number of hydrogen-bond acceptors (Lipinski definition) is 5. The van der Waals surface area contributed by atoms with Crippen molar-refractivity contribution in [3.63, 3.8) is 0 Å². The number of ether oxygens (including phenoxy) is 1. The fourth-order valence-corrected chi connectivity index (χ4v) is 2.79. The average Bonchev–Trinajstić information content (AvgIpc) is 2.46. The van der Waals surface area contributed by atoms with Gasteiger partial charge in [-0.15, -0.1) is 0 Å². The number of unbranched alkanes of at least 4 members (excludes halogenated alkanes) is 7. The van der Waals surface area contributed by atoms with Crippen LogP contribution in [0.2, 0.25) is 0 Å². The quantitative estimate of drug-likeness (QED) is 0.224. The van der Waals surface area contributed by atoms with Gasteiger partial charge < -0.3 is 23.2 Å². The summed E-state index contributed by atoms with van der Waals surface area (Å²) in [4.78, 5) is 11.5. The fraction of sp³-hybridized carbons (Fsp3) is 1.00. The van der Waals surface area contributed by atoms with Crippen molar-refractivity contribution in [1.29, 1.82) is 0 Å². The molecule has 0 aliphatic heterocycles. The summed E-state index contributed by atoms with van der Waals surface area (Å²) in [6.07, 6.45) is 10.0. The molecule has 0 aromatic rings. The highest BCUT2D eigenvalue weighted by atomic mass is 31.2. The van der Waals surface area contributed by atoms with Gasteiger partial charge in [0.2, 0.25) is 0 Å². The van der Waals surface area contributed by atoms with Crippen LogP contribution in [0.25, 0.3) is 0 Å². The van der Waals surface area contributed by atoms with Crippen LogP contribution in [0.5, 0.6) is 0 Å². The molecule has 0 radical (unpaired) electrons. The maximum Gasteiger partial charge on any atom is 0.268 e. The monoisotopic (exact) mass is 367 g/mol. The Hall–Kier alpha value is 0.0300. The standard InChI is InChI=1S/C17H38NO5P/c1-5-6-7-8-9-10-11-12-14-21-16-17-23-24(19,20)22-15-13-18(2,3)4/h5-17H2,1-4H3. The molecule has 0 rings (SSSR count). The van der Waals surface area contributed by atoms with E-state index in [0.29, 0.717) is 17.6 Å². The van der Waals surface area contributed by atoms with Crippen LogP contribution in [0.15, 0.2) is 0 Å². The molecule has 0 aromatic carbocycles. The molecule has 0 heterocycles. The van der Waals surface area contributed by atoms with Gasteiger partial charge >= 0.3 is 0 Å². The van der Waals surface area contributed by atoms with Crippen molar-refractivity contribution in [3.05, 3.63) is 0 Å². The van der Waals surface area contributed by atoms with Gasteiger partial charge in [-0.1, -0.05) is 51.9 Å². The molecule has 0 saturated heterocycles. The lowest BCUT2D eigenvalue weighted by atomic mass is 10.1. The lowest BCUT2D eigenvalue weighted by Gasteiger charge is -2.27. The van der Waals surface area contributed by atoms with Gasteiger partial charge in [-0.3, -0.25) is 4.57 Å². The molecule has 0 aromatic heterocycles. The van der Waals surface area contributed by atoms with Crippen LogP contribution >= 0.6 is 7.82 Å². The molecule has 0 aliphatic rings. The van der Waals surface area contributed by atoms with Crippen LogP contribution in [-0.4, -0.2) is 58.6 Å². The van der Waals surface area contributed by atoms with E-state index in [1.807, 2.05) is 21.1 Å². The lowest BCUT2D eigenvalue weighted by Crippen LogP contribution is -2.37. The van der Waals surface area contributed by atoms with Crippen LogP contribution in [-0.2, 0) is 18.3 Å². The minimum absolute atomic E-state index is 0.0160.